The zero-order chi connectivity index (χ0) is 14.9. The summed E-state index contributed by atoms with van der Waals surface area (Å²) in [6, 6.07) is 10.5. The first-order chi connectivity index (χ1) is 10.3. The largest absolute Gasteiger partial charge is 0.367 e. The maximum absolute atomic E-state index is 10.6. The fourth-order valence-corrected chi connectivity index (χ4v) is 2.63. The molecule has 21 heavy (non-hydrogen) atoms. The van der Waals surface area contributed by atoms with Gasteiger partial charge in [0.15, 0.2) is 5.82 Å². The van der Waals surface area contributed by atoms with Crippen molar-refractivity contribution in [3.8, 4) is 0 Å². The monoisotopic (exact) mass is 289 g/mol. The van der Waals surface area contributed by atoms with Gasteiger partial charge in [0, 0.05) is 19.6 Å². The normalized spacial score (nSPS) is 16.8. The lowest BCUT2D eigenvalue weighted by Crippen LogP contribution is -2.40. The molecule has 1 fully saturated rings. The molecule has 1 aliphatic rings. The van der Waals surface area contributed by atoms with E-state index in [4.69, 9.17) is 0 Å². The molecule has 1 saturated heterocycles. The van der Waals surface area contributed by atoms with E-state index in [1.54, 1.807) is 0 Å². The summed E-state index contributed by atoms with van der Waals surface area (Å²) in [5.74, 6) is 0.661. The minimum Gasteiger partial charge on any atom is -0.367 e. The van der Waals surface area contributed by atoms with Crippen LogP contribution in [0.1, 0.15) is 31.2 Å². The highest BCUT2D eigenvalue weighted by Crippen LogP contribution is 2.11. The highest BCUT2D eigenvalue weighted by atomic mass is 16.6. The molecule has 0 amide bonds. The van der Waals surface area contributed by atoms with E-state index in [0.717, 1.165) is 51.5 Å². The first-order valence-electron chi connectivity index (χ1n) is 7.64. The van der Waals surface area contributed by atoms with Crippen molar-refractivity contribution in [1.29, 1.82) is 0 Å². The van der Waals surface area contributed by atoms with E-state index in [2.05, 4.69) is 34.5 Å². The number of nitro groups is 1. The number of nitrogens with one attached hydrogen (secondary N) is 1. The Morgan fingerprint density at radius 1 is 1.24 bits per heavy atom. The zero-order valence-corrected chi connectivity index (χ0v) is 12.3. The number of unbranched alkanes of at least 4 members (excludes halogenated alkanes) is 2. The fraction of sp³-hybridized carbons (Fsp3) is 0.500. The quantitative estimate of drug-likeness (QED) is 0.476. The number of hydrogen-bond donors (Lipinski definition) is 1. The summed E-state index contributed by atoms with van der Waals surface area (Å²) in [5, 5.41) is 13.7. The van der Waals surface area contributed by atoms with Crippen LogP contribution < -0.4 is 5.32 Å². The average molecular weight is 289 g/mol. The van der Waals surface area contributed by atoms with E-state index in [0.29, 0.717) is 5.82 Å². The van der Waals surface area contributed by atoms with Gasteiger partial charge in [0.2, 0.25) is 0 Å². The average Bonchev–Trinajstić information content (AvgIpc) is 2.49. The maximum Gasteiger partial charge on any atom is 0.274 e. The zero-order valence-electron chi connectivity index (χ0n) is 12.3. The Balaban J connectivity index is 1.68. The molecule has 0 aliphatic carbocycles. The van der Waals surface area contributed by atoms with Crippen molar-refractivity contribution >= 4 is 0 Å². The fourth-order valence-electron chi connectivity index (χ4n) is 2.63. The van der Waals surface area contributed by atoms with Crippen LogP contribution in [0.15, 0.2) is 42.4 Å². The van der Waals surface area contributed by atoms with Gasteiger partial charge in [-0.2, -0.15) is 0 Å². The third-order valence-electron chi connectivity index (χ3n) is 3.72. The second kappa shape index (κ2) is 8.29. The summed E-state index contributed by atoms with van der Waals surface area (Å²) >= 11 is 0. The van der Waals surface area contributed by atoms with Crippen LogP contribution in [0.25, 0.3) is 0 Å². The molecule has 5 nitrogen and oxygen atoms in total. The first-order valence-corrected chi connectivity index (χ1v) is 7.64. The van der Waals surface area contributed by atoms with Gasteiger partial charge in [0.1, 0.15) is 0 Å². The molecule has 1 N–H and O–H groups in total. The first kappa shape index (κ1) is 15.4. The highest BCUT2D eigenvalue weighted by molar-refractivity contribution is 5.14. The van der Waals surface area contributed by atoms with Gasteiger partial charge in [-0.05, 0) is 31.2 Å². The van der Waals surface area contributed by atoms with E-state index < -0.39 is 0 Å². The summed E-state index contributed by atoms with van der Waals surface area (Å²) in [6.45, 7) is 2.62. The van der Waals surface area contributed by atoms with Crippen LogP contribution >= 0.6 is 0 Å². The Morgan fingerprint density at radius 2 is 2.05 bits per heavy atom. The summed E-state index contributed by atoms with van der Waals surface area (Å²) in [6.07, 6.45) is 6.62. The van der Waals surface area contributed by atoms with Crippen molar-refractivity contribution in [2.75, 3.05) is 19.6 Å². The molecule has 0 atom stereocenters. The van der Waals surface area contributed by atoms with Crippen LogP contribution in [0, 0.1) is 10.1 Å². The van der Waals surface area contributed by atoms with Crippen molar-refractivity contribution in [3.05, 3.63) is 58.0 Å². The van der Waals surface area contributed by atoms with Gasteiger partial charge in [-0.15, -0.1) is 0 Å². The van der Waals surface area contributed by atoms with E-state index in [1.165, 1.54) is 12.0 Å². The van der Waals surface area contributed by atoms with Gasteiger partial charge in [-0.25, -0.2) is 0 Å². The number of nitrogens with zero attached hydrogens (tertiary/aromatic N) is 2. The van der Waals surface area contributed by atoms with E-state index in [-0.39, 0.29) is 4.92 Å². The van der Waals surface area contributed by atoms with Crippen molar-refractivity contribution < 1.29 is 4.92 Å². The molecule has 0 radical (unpaired) electrons. The standard InChI is InChI=1S/C16H23N3O2/c20-19(21)14-16-17-11-7-13-18(16)12-6-2-5-10-15-8-3-1-4-9-15/h1,3-4,8-9,14,17H,2,5-7,10-13H2/b16-14+. The van der Waals surface area contributed by atoms with Crippen molar-refractivity contribution in [2.45, 2.75) is 32.1 Å². The van der Waals surface area contributed by atoms with Crippen molar-refractivity contribution in [3.63, 3.8) is 0 Å². The Kier molecular flexibility index (Phi) is 6.06. The molecule has 1 aromatic rings. The van der Waals surface area contributed by atoms with Crippen molar-refractivity contribution in [2.24, 2.45) is 0 Å². The van der Waals surface area contributed by atoms with Crippen molar-refractivity contribution in [1.82, 2.24) is 10.2 Å². The Labute approximate surface area is 125 Å². The van der Waals surface area contributed by atoms with Gasteiger partial charge in [-0.1, -0.05) is 36.8 Å². The summed E-state index contributed by atoms with van der Waals surface area (Å²) in [7, 11) is 0. The summed E-state index contributed by atoms with van der Waals surface area (Å²) in [5.41, 5.74) is 1.38. The topological polar surface area (TPSA) is 58.4 Å². The van der Waals surface area contributed by atoms with Crippen LogP contribution in [-0.4, -0.2) is 29.5 Å². The number of rotatable bonds is 7. The predicted octanol–water partition coefficient (Wildman–Crippen LogP) is 2.77. The third-order valence-corrected chi connectivity index (χ3v) is 3.72. The third kappa shape index (κ3) is 5.45. The second-order valence-electron chi connectivity index (χ2n) is 5.36. The number of aryl methyl sites for hydroxylation is 1. The highest BCUT2D eigenvalue weighted by Gasteiger charge is 2.16. The molecule has 0 spiro atoms. The molecule has 5 heteroatoms. The minimum absolute atomic E-state index is 0.379. The Morgan fingerprint density at radius 3 is 2.81 bits per heavy atom. The van der Waals surface area contributed by atoms with Crippen LogP contribution in [-0.2, 0) is 6.42 Å². The summed E-state index contributed by atoms with van der Waals surface area (Å²) in [4.78, 5) is 12.3. The lowest BCUT2D eigenvalue weighted by Gasteiger charge is -2.30. The Hall–Kier alpha value is -2.04. The van der Waals surface area contributed by atoms with Gasteiger partial charge in [0.25, 0.3) is 6.20 Å². The van der Waals surface area contributed by atoms with Gasteiger partial charge in [0.05, 0.1) is 4.92 Å². The van der Waals surface area contributed by atoms with E-state index in [1.807, 2.05) is 6.07 Å². The molecule has 2 rings (SSSR count). The molecule has 0 saturated carbocycles. The van der Waals surface area contributed by atoms with Crippen LogP contribution in [0.2, 0.25) is 0 Å². The molecular weight excluding hydrogens is 266 g/mol. The molecule has 0 bridgehead atoms. The second-order valence-corrected chi connectivity index (χ2v) is 5.36. The summed E-state index contributed by atoms with van der Waals surface area (Å²) < 4.78 is 0. The molecule has 1 aromatic carbocycles. The Bertz CT molecular complexity index is 474. The number of benzene rings is 1. The smallest absolute Gasteiger partial charge is 0.274 e. The maximum atomic E-state index is 10.6. The van der Waals surface area contributed by atoms with E-state index in [9.17, 15) is 10.1 Å². The van der Waals surface area contributed by atoms with E-state index >= 15 is 0 Å². The molecule has 0 aromatic heterocycles. The van der Waals surface area contributed by atoms with Crippen LogP contribution in [0.4, 0.5) is 0 Å². The molecule has 1 heterocycles. The molecule has 0 unspecified atom stereocenters. The van der Waals surface area contributed by atoms with Crippen LogP contribution in [0.5, 0.6) is 0 Å². The lowest BCUT2D eigenvalue weighted by atomic mass is 10.1. The number of hydrogen-bond acceptors (Lipinski definition) is 4. The molecular formula is C16H23N3O2. The van der Waals surface area contributed by atoms with Gasteiger partial charge < -0.3 is 10.2 Å². The minimum atomic E-state index is -0.379. The van der Waals surface area contributed by atoms with Gasteiger partial charge >= 0.3 is 0 Å². The molecule has 114 valence electrons. The molecule has 1 aliphatic heterocycles. The van der Waals surface area contributed by atoms with Crippen LogP contribution in [0.3, 0.4) is 0 Å². The van der Waals surface area contributed by atoms with Gasteiger partial charge in [-0.3, -0.25) is 10.1 Å². The SMILES string of the molecule is O=[N+]([O-])/C=C1\NCCCN1CCCCCc1ccccc1. The predicted molar refractivity (Wildman–Crippen MR) is 83.3 cm³/mol. The lowest BCUT2D eigenvalue weighted by molar-refractivity contribution is -0.404.